The van der Waals surface area contributed by atoms with Crippen LogP contribution in [0.2, 0.25) is 0 Å². The second kappa shape index (κ2) is 8.43. The number of nitrogens with zero attached hydrogens (tertiary/aromatic N) is 4. The maximum atomic E-state index is 14.6. The first kappa shape index (κ1) is 19.1. The number of anilines is 2. The maximum Gasteiger partial charge on any atom is 0.132 e. The molecule has 2 saturated heterocycles. The predicted molar refractivity (Wildman–Crippen MR) is 110 cm³/mol. The Morgan fingerprint density at radius 3 is 2.71 bits per heavy atom. The lowest BCUT2D eigenvalue weighted by molar-refractivity contribution is 0.122. The molecule has 2 aliphatic heterocycles. The van der Waals surface area contributed by atoms with E-state index in [0.717, 1.165) is 44.2 Å². The van der Waals surface area contributed by atoms with E-state index in [1.807, 2.05) is 24.3 Å². The first-order chi connectivity index (χ1) is 13.6. The molecule has 28 heavy (non-hydrogen) atoms. The molecule has 0 radical (unpaired) electrons. The summed E-state index contributed by atoms with van der Waals surface area (Å²) in [6.45, 7) is 8.08. The van der Waals surface area contributed by atoms with Crippen molar-refractivity contribution in [3.63, 3.8) is 0 Å². The van der Waals surface area contributed by atoms with Gasteiger partial charge in [0.1, 0.15) is 11.6 Å². The lowest BCUT2D eigenvalue weighted by Crippen LogP contribution is -2.51. The Morgan fingerprint density at radius 2 is 1.93 bits per heavy atom. The molecule has 0 saturated carbocycles. The van der Waals surface area contributed by atoms with E-state index in [-0.39, 0.29) is 5.82 Å². The van der Waals surface area contributed by atoms with Crippen LogP contribution in [0.25, 0.3) is 11.3 Å². The van der Waals surface area contributed by atoms with Gasteiger partial charge in [0.25, 0.3) is 0 Å². The summed E-state index contributed by atoms with van der Waals surface area (Å²) >= 11 is 0. The molecule has 0 bridgehead atoms. The average molecular weight is 385 g/mol. The van der Waals surface area contributed by atoms with E-state index in [9.17, 15) is 4.39 Å². The third-order valence-corrected chi connectivity index (χ3v) is 5.56. The van der Waals surface area contributed by atoms with Gasteiger partial charge in [-0.15, -0.1) is 0 Å². The number of pyridine rings is 1. The van der Waals surface area contributed by atoms with Crippen LogP contribution in [0.3, 0.4) is 0 Å². The van der Waals surface area contributed by atoms with Crippen LogP contribution < -0.4 is 10.3 Å². The summed E-state index contributed by atoms with van der Waals surface area (Å²) in [5.74, 6) is 0.607. The van der Waals surface area contributed by atoms with Crippen molar-refractivity contribution >= 4 is 11.5 Å². The second-order valence-corrected chi connectivity index (χ2v) is 7.56. The van der Waals surface area contributed by atoms with Crippen molar-refractivity contribution in [3.8, 4) is 11.3 Å². The van der Waals surface area contributed by atoms with E-state index in [1.54, 1.807) is 6.07 Å². The van der Waals surface area contributed by atoms with Crippen molar-refractivity contribution in [3.05, 3.63) is 42.2 Å². The molecule has 0 aliphatic carbocycles. The predicted octanol–water partition coefficient (Wildman–Crippen LogP) is 2.69. The Bertz CT molecular complexity index is 811. The molecule has 6 nitrogen and oxygen atoms in total. The number of piperazine rings is 1. The van der Waals surface area contributed by atoms with E-state index >= 15 is 0 Å². The number of likely N-dealkylation sites (N-methyl/N-ethyl adjacent to an activating group) is 1. The molecular weight excluding hydrogens is 357 g/mol. The molecule has 0 spiro atoms. The quantitative estimate of drug-likeness (QED) is 0.873. The van der Waals surface area contributed by atoms with Crippen molar-refractivity contribution in [1.82, 2.24) is 14.9 Å². The summed E-state index contributed by atoms with van der Waals surface area (Å²) in [6.07, 6.45) is 0. The number of morpholine rings is 1. The van der Waals surface area contributed by atoms with Gasteiger partial charge in [0.15, 0.2) is 0 Å². The van der Waals surface area contributed by atoms with Crippen LogP contribution in [0.5, 0.6) is 0 Å². The summed E-state index contributed by atoms with van der Waals surface area (Å²) in [6, 6.07) is 11.4. The van der Waals surface area contributed by atoms with E-state index in [2.05, 4.69) is 34.2 Å². The SMILES string of the molecule is CC1CN(Nc2ccc(F)c(-c3cccc(N4CCOCC4)n3)c2)CCN1C. The number of hydrogen-bond donors (Lipinski definition) is 1. The van der Waals surface area contributed by atoms with Gasteiger partial charge in [-0.3, -0.25) is 0 Å². The van der Waals surface area contributed by atoms with Crippen LogP contribution in [0.4, 0.5) is 15.9 Å². The summed E-state index contributed by atoms with van der Waals surface area (Å²) in [5, 5.41) is 2.19. The highest BCUT2D eigenvalue weighted by Crippen LogP contribution is 2.27. The van der Waals surface area contributed by atoms with Gasteiger partial charge in [0.05, 0.1) is 18.9 Å². The van der Waals surface area contributed by atoms with Gasteiger partial charge in [-0.2, -0.15) is 0 Å². The Balaban J connectivity index is 1.54. The number of benzene rings is 1. The molecule has 1 N–H and O–H groups in total. The monoisotopic (exact) mass is 385 g/mol. The molecule has 1 unspecified atom stereocenters. The van der Waals surface area contributed by atoms with Gasteiger partial charge in [-0.05, 0) is 44.3 Å². The molecule has 2 fully saturated rings. The van der Waals surface area contributed by atoms with Crippen LogP contribution in [-0.4, -0.2) is 73.9 Å². The highest BCUT2D eigenvalue weighted by Gasteiger charge is 2.21. The Morgan fingerprint density at radius 1 is 1.11 bits per heavy atom. The fraction of sp³-hybridized carbons (Fsp3) is 0.476. The van der Waals surface area contributed by atoms with Crippen molar-refractivity contribution in [2.45, 2.75) is 13.0 Å². The maximum absolute atomic E-state index is 14.6. The molecule has 2 aromatic rings. The molecule has 150 valence electrons. The summed E-state index contributed by atoms with van der Waals surface area (Å²) in [4.78, 5) is 9.24. The zero-order valence-electron chi connectivity index (χ0n) is 16.6. The van der Waals surface area contributed by atoms with Gasteiger partial charge in [-0.25, -0.2) is 14.4 Å². The minimum Gasteiger partial charge on any atom is -0.378 e. The molecule has 1 aromatic heterocycles. The van der Waals surface area contributed by atoms with E-state index in [0.29, 0.717) is 30.5 Å². The van der Waals surface area contributed by atoms with Crippen LogP contribution in [0, 0.1) is 5.82 Å². The van der Waals surface area contributed by atoms with Gasteiger partial charge >= 0.3 is 0 Å². The molecule has 1 aromatic carbocycles. The van der Waals surface area contributed by atoms with Crippen molar-refractivity contribution in [2.75, 3.05) is 63.3 Å². The number of ether oxygens (including phenoxy) is 1. The van der Waals surface area contributed by atoms with Crippen molar-refractivity contribution in [2.24, 2.45) is 0 Å². The summed E-state index contributed by atoms with van der Waals surface area (Å²) < 4.78 is 20.0. The number of hydrogen-bond acceptors (Lipinski definition) is 6. The number of halogens is 1. The summed E-state index contributed by atoms with van der Waals surface area (Å²) in [7, 11) is 2.14. The molecule has 0 amide bonds. The Labute approximate surface area is 165 Å². The highest BCUT2D eigenvalue weighted by atomic mass is 19.1. The van der Waals surface area contributed by atoms with Crippen molar-refractivity contribution < 1.29 is 9.13 Å². The zero-order valence-corrected chi connectivity index (χ0v) is 16.6. The first-order valence-corrected chi connectivity index (χ1v) is 9.91. The standard InChI is InChI=1S/C21H28FN5O/c1-16-15-27(9-8-25(16)2)24-17-6-7-19(22)18(14-17)20-4-3-5-21(23-20)26-10-12-28-13-11-26/h3-7,14,16,24H,8-13,15H2,1-2H3. The third-order valence-electron chi connectivity index (χ3n) is 5.56. The molecule has 3 heterocycles. The van der Waals surface area contributed by atoms with Crippen LogP contribution in [0.1, 0.15) is 6.92 Å². The van der Waals surface area contributed by atoms with Crippen molar-refractivity contribution in [1.29, 1.82) is 0 Å². The number of rotatable bonds is 4. The normalized spacial score (nSPS) is 21.7. The van der Waals surface area contributed by atoms with Crippen LogP contribution in [-0.2, 0) is 4.74 Å². The van der Waals surface area contributed by atoms with Gasteiger partial charge < -0.3 is 20.0 Å². The average Bonchev–Trinajstić information content (AvgIpc) is 2.73. The van der Waals surface area contributed by atoms with Gasteiger partial charge in [0, 0.05) is 50.0 Å². The van der Waals surface area contributed by atoms with Gasteiger partial charge in [-0.1, -0.05) is 6.07 Å². The third kappa shape index (κ3) is 4.27. The van der Waals surface area contributed by atoms with E-state index in [4.69, 9.17) is 9.72 Å². The fourth-order valence-electron chi connectivity index (χ4n) is 3.67. The lowest BCUT2D eigenvalue weighted by atomic mass is 10.1. The molecule has 1 atom stereocenters. The lowest BCUT2D eigenvalue weighted by Gasteiger charge is -2.38. The minimum absolute atomic E-state index is 0.260. The second-order valence-electron chi connectivity index (χ2n) is 7.56. The number of aromatic nitrogens is 1. The molecule has 7 heteroatoms. The Kier molecular flexibility index (Phi) is 5.75. The zero-order chi connectivity index (χ0) is 19.5. The van der Waals surface area contributed by atoms with Crippen LogP contribution >= 0.6 is 0 Å². The molecule has 4 rings (SSSR count). The number of hydrazine groups is 1. The Hall–Kier alpha value is -2.22. The minimum atomic E-state index is -0.260. The number of nitrogens with one attached hydrogen (secondary N) is 1. The van der Waals surface area contributed by atoms with E-state index in [1.165, 1.54) is 6.07 Å². The first-order valence-electron chi connectivity index (χ1n) is 9.91. The fourth-order valence-corrected chi connectivity index (χ4v) is 3.67. The highest BCUT2D eigenvalue weighted by molar-refractivity contribution is 5.67. The smallest absolute Gasteiger partial charge is 0.132 e. The van der Waals surface area contributed by atoms with E-state index < -0.39 is 0 Å². The topological polar surface area (TPSA) is 43.9 Å². The molecular formula is C21H28FN5O. The largest absolute Gasteiger partial charge is 0.378 e. The van der Waals surface area contributed by atoms with Gasteiger partial charge in [0.2, 0.25) is 0 Å². The van der Waals surface area contributed by atoms with Crippen LogP contribution in [0.15, 0.2) is 36.4 Å². The summed E-state index contributed by atoms with van der Waals surface area (Å²) in [5.41, 5.74) is 5.48. The molecule has 2 aliphatic rings.